The molecule has 0 radical (unpaired) electrons. The Hall–Kier alpha value is -1.62. The van der Waals surface area contributed by atoms with Gasteiger partial charge >= 0.3 is 12.0 Å². The third-order valence-electron chi connectivity index (χ3n) is 2.59. The summed E-state index contributed by atoms with van der Waals surface area (Å²) in [5, 5.41) is 2.99. The van der Waals surface area contributed by atoms with Crippen molar-refractivity contribution in [3.8, 4) is 0 Å². The fraction of sp³-hybridized carbons (Fsp3) is 0.556. The lowest BCUT2D eigenvalue weighted by Crippen LogP contribution is -2.48. The van der Waals surface area contributed by atoms with E-state index in [0.29, 0.717) is 6.07 Å². The summed E-state index contributed by atoms with van der Waals surface area (Å²) in [6.07, 6.45) is -5.40. The van der Waals surface area contributed by atoms with Crippen molar-refractivity contribution >= 4 is 10.0 Å². The average molecular weight is 315 g/mol. The second-order valence-corrected chi connectivity index (χ2v) is 5.75. The van der Waals surface area contributed by atoms with Crippen LogP contribution < -0.4 is 16.4 Å². The van der Waals surface area contributed by atoms with Gasteiger partial charge in [0.25, 0.3) is 5.56 Å². The summed E-state index contributed by atoms with van der Waals surface area (Å²) in [5.74, 6) is 0. The van der Waals surface area contributed by atoms with Crippen LogP contribution in [-0.4, -0.2) is 17.6 Å². The van der Waals surface area contributed by atoms with Gasteiger partial charge in [0.05, 0.1) is 0 Å². The Morgan fingerprint density at radius 3 is 2.20 bits per heavy atom. The van der Waals surface area contributed by atoms with Crippen LogP contribution in [-0.2, 0) is 16.3 Å². The van der Waals surface area contributed by atoms with Gasteiger partial charge in [-0.2, -0.15) is 0 Å². The molecule has 0 saturated heterocycles. The molecule has 1 heterocycles. The molecule has 20 heavy (non-hydrogen) atoms. The summed E-state index contributed by atoms with van der Waals surface area (Å²) in [7, 11) is -4.41. The van der Waals surface area contributed by atoms with Crippen LogP contribution >= 0.6 is 0 Å². The Bertz CT molecular complexity index is 732. The number of hydrogen-bond acceptors (Lipinski definition) is 4. The molecule has 0 amide bonds. The molecule has 11 heteroatoms. The number of aryl methyl sites for hydroxylation is 1. The molecule has 1 atom stereocenters. The second-order valence-electron chi connectivity index (χ2n) is 4.03. The molecular weight excluding hydrogens is 303 g/mol. The van der Waals surface area contributed by atoms with Gasteiger partial charge in [0.2, 0.25) is 10.0 Å². The second kappa shape index (κ2) is 5.05. The van der Waals surface area contributed by atoms with Gasteiger partial charge < -0.3 is 0 Å². The van der Waals surface area contributed by atoms with Gasteiger partial charge in [-0.25, -0.2) is 27.5 Å². The van der Waals surface area contributed by atoms with Crippen molar-refractivity contribution in [1.82, 2.24) is 9.13 Å². The molecule has 0 fully saturated rings. The van der Waals surface area contributed by atoms with Gasteiger partial charge in [-0.05, 0) is 13.3 Å². The minimum atomic E-state index is -5.08. The van der Waals surface area contributed by atoms with Gasteiger partial charge in [-0.1, -0.05) is 6.92 Å². The maximum atomic E-state index is 12.8. The van der Waals surface area contributed by atoms with E-state index >= 15 is 0 Å². The van der Waals surface area contributed by atoms with Crippen LogP contribution in [0.2, 0.25) is 0 Å². The lowest BCUT2D eigenvalue weighted by Gasteiger charge is -2.19. The molecular formula is C9H12F3N3O4S. The van der Waals surface area contributed by atoms with E-state index in [1.165, 1.54) is 6.92 Å². The molecule has 0 aliphatic carbocycles. The van der Waals surface area contributed by atoms with Gasteiger partial charge in [0.1, 0.15) is 0 Å². The lowest BCUT2D eigenvalue weighted by molar-refractivity contribution is -0.208. The van der Waals surface area contributed by atoms with Crippen molar-refractivity contribution in [1.29, 1.82) is 0 Å². The zero-order valence-electron chi connectivity index (χ0n) is 10.5. The highest BCUT2D eigenvalue weighted by Gasteiger charge is 2.36. The third-order valence-corrected chi connectivity index (χ3v) is 3.89. The first kappa shape index (κ1) is 16.4. The predicted octanol–water partition coefficient (Wildman–Crippen LogP) is -0.00818. The monoisotopic (exact) mass is 315 g/mol. The number of sulfonamides is 1. The standard InChI is InChI=1S/C9H12F3N3O4S/c1-3-7(20(13,18)19)14-6(16)4-5(2)15(8(14)17)9(10,11)12/h4,7H,3H2,1-2H3,(H2,13,18,19). The van der Waals surface area contributed by atoms with Crippen molar-refractivity contribution in [3.63, 3.8) is 0 Å². The minimum absolute atomic E-state index is 0.00414. The summed E-state index contributed by atoms with van der Waals surface area (Å²) in [6.45, 7) is 2.19. The number of alkyl halides is 3. The Morgan fingerprint density at radius 2 is 1.85 bits per heavy atom. The van der Waals surface area contributed by atoms with Crippen LogP contribution in [0.1, 0.15) is 24.4 Å². The molecule has 1 rings (SSSR count). The Morgan fingerprint density at radius 1 is 1.35 bits per heavy atom. The van der Waals surface area contributed by atoms with Crippen LogP contribution in [0.15, 0.2) is 15.7 Å². The van der Waals surface area contributed by atoms with Crippen molar-refractivity contribution < 1.29 is 21.6 Å². The molecule has 0 spiro atoms. The van der Waals surface area contributed by atoms with E-state index in [1.54, 1.807) is 0 Å². The van der Waals surface area contributed by atoms with Gasteiger partial charge in [0, 0.05) is 11.8 Å². The van der Waals surface area contributed by atoms with Gasteiger partial charge in [0.15, 0.2) is 5.37 Å². The first-order valence-electron chi connectivity index (χ1n) is 5.35. The highest BCUT2D eigenvalue weighted by atomic mass is 32.2. The molecule has 1 aromatic rings. The number of nitrogens with two attached hydrogens (primary N) is 1. The molecule has 0 bridgehead atoms. The molecule has 0 saturated carbocycles. The van der Waals surface area contributed by atoms with E-state index in [0.717, 1.165) is 6.92 Å². The van der Waals surface area contributed by atoms with Crippen molar-refractivity contribution in [3.05, 3.63) is 32.6 Å². The van der Waals surface area contributed by atoms with Crippen LogP contribution in [0, 0.1) is 6.92 Å². The first-order valence-corrected chi connectivity index (χ1v) is 6.96. The van der Waals surface area contributed by atoms with Crippen molar-refractivity contribution in [2.75, 3.05) is 0 Å². The summed E-state index contributed by atoms with van der Waals surface area (Å²) in [5.41, 5.74) is -3.59. The molecule has 114 valence electrons. The lowest BCUT2D eigenvalue weighted by atomic mass is 10.4. The maximum absolute atomic E-state index is 12.8. The van der Waals surface area contributed by atoms with E-state index in [9.17, 15) is 31.2 Å². The number of aromatic nitrogens is 2. The molecule has 1 aromatic heterocycles. The van der Waals surface area contributed by atoms with Crippen LogP contribution in [0.25, 0.3) is 0 Å². The van der Waals surface area contributed by atoms with Crippen molar-refractivity contribution in [2.24, 2.45) is 5.14 Å². The van der Waals surface area contributed by atoms with E-state index < -0.39 is 43.2 Å². The highest BCUT2D eigenvalue weighted by molar-refractivity contribution is 7.89. The van der Waals surface area contributed by atoms with E-state index in [1.807, 2.05) is 0 Å². The molecule has 0 aliphatic rings. The molecule has 1 unspecified atom stereocenters. The summed E-state index contributed by atoms with van der Waals surface area (Å²) < 4.78 is 60.2. The zero-order valence-corrected chi connectivity index (χ0v) is 11.3. The maximum Gasteiger partial charge on any atom is 0.492 e. The first-order chi connectivity index (χ1) is 8.91. The summed E-state index contributed by atoms with van der Waals surface area (Å²) in [6, 6.07) is 0.530. The van der Waals surface area contributed by atoms with E-state index in [4.69, 9.17) is 5.14 Å². The quantitative estimate of drug-likeness (QED) is 0.847. The van der Waals surface area contributed by atoms with Gasteiger partial charge in [-0.15, -0.1) is 13.2 Å². The SMILES string of the molecule is CCC(n1c(=O)cc(C)n(C(F)(F)F)c1=O)S(N)(=O)=O. The number of primary sulfonamides is 1. The normalized spacial score (nSPS) is 14.3. The predicted molar refractivity (Wildman–Crippen MR) is 63.4 cm³/mol. The fourth-order valence-electron chi connectivity index (χ4n) is 1.80. The largest absolute Gasteiger partial charge is 0.492 e. The summed E-state index contributed by atoms with van der Waals surface area (Å²) in [4.78, 5) is 23.4. The number of hydrogen-bond donors (Lipinski definition) is 1. The summed E-state index contributed by atoms with van der Waals surface area (Å²) >= 11 is 0. The van der Waals surface area contributed by atoms with Crippen LogP contribution in [0.4, 0.5) is 13.2 Å². The smallest absolute Gasteiger partial charge is 0.269 e. The number of nitrogens with zero attached hydrogens (tertiary/aromatic N) is 2. The topological polar surface area (TPSA) is 104 Å². The molecule has 0 aliphatic heterocycles. The van der Waals surface area contributed by atoms with E-state index in [2.05, 4.69) is 0 Å². The highest BCUT2D eigenvalue weighted by Crippen LogP contribution is 2.21. The third kappa shape index (κ3) is 2.93. The Balaban J connectivity index is 3.84. The average Bonchev–Trinajstić information content (AvgIpc) is 2.19. The van der Waals surface area contributed by atoms with E-state index in [-0.39, 0.29) is 11.0 Å². The van der Waals surface area contributed by atoms with Crippen LogP contribution in [0.3, 0.4) is 0 Å². The molecule has 0 aromatic carbocycles. The minimum Gasteiger partial charge on any atom is -0.269 e. The number of halogens is 3. The zero-order chi connectivity index (χ0) is 15.9. The molecule has 7 nitrogen and oxygen atoms in total. The van der Waals surface area contributed by atoms with Crippen molar-refractivity contribution in [2.45, 2.75) is 31.9 Å². The Kier molecular flexibility index (Phi) is 4.15. The van der Waals surface area contributed by atoms with Gasteiger partial charge in [-0.3, -0.25) is 4.79 Å². The van der Waals surface area contributed by atoms with Crippen LogP contribution in [0.5, 0.6) is 0 Å². The fourth-order valence-corrected chi connectivity index (χ4v) is 2.75. The Labute approximate surface area is 111 Å². The number of rotatable bonds is 3. The molecule has 2 N–H and O–H groups in total.